The average molecular weight is 296 g/mol. The van der Waals surface area contributed by atoms with E-state index in [1.165, 1.54) is 0 Å². The number of aryl methyl sites for hydroxylation is 1. The van der Waals surface area contributed by atoms with Crippen LogP contribution in [0.4, 0.5) is 0 Å². The number of nitrogens with zero attached hydrogens (tertiary/aromatic N) is 1. The van der Waals surface area contributed by atoms with Gasteiger partial charge in [-0.15, -0.1) is 0 Å². The van der Waals surface area contributed by atoms with Crippen LogP contribution in [0.5, 0.6) is 5.75 Å². The van der Waals surface area contributed by atoms with Crippen LogP contribution in [-0.2, 0) is 10.3 Å². The molecule has 1 saturated carbocycles. The molecule has 3 nitrogen and oxygen atoms in total. The highest BCUT2D eigenvalue weighted by atomic mass is 79.9. The zero-order valence-electron chi connectivity index (χ0n) is 9.92. The van der Waals surface area contributed by atoms with Crippen LogP contribution in [0.15, 0.2) is 21.6 Å². The van der Waals surface area contributed by atoms with E-state index in [2.05, 4.69) is 20.9 Å². The number of hydrogen-bond acceptors (Lipinski definition) is 3. The second kappa shape index (κ2) is 4.63. The molecule has 0 N–H and O–H groups in total. The maximum absolute atomic E-state index is 10.6. The van der Waals surface area contributed by atoms with Gasteiger partial charge in [0.15, 0.2) is 0 Å². The molecule has 1 aromatic rings. The Balaban J connectivity index is 2.52. The zero-order chi connectivity index (χ0) is 12.5. The fraction of sp³-hybridized carbons (Fsp3) is 0.462. The van der Waals surface area contributed by atoms with Crippen LogP contribution in [0.3, 0.4) is 0 Å². The van der Waals surface area contributed by atoms with Crippen LogP contribution in [0.2, 0.25) is 0 Å². The number of methoxy groups -OCH3 is 1. The maximum Gasteiger partial charge on any atom is 0.235 e. The van der Waals surface area contributed by atoms with E-state index in [1.54, 1.807) is 13.2 Å². The van der Waals surface area contributed by atoms with Crippen molar-refractivity contribution >= 4 is 22.0 Å². The smallest absolute Gasteiger partial charge is 0.235 e. The SMILES string of the molecule is COc1cc(C)c(C2(N=C=O)CCC2)cc1Br. The average Bonchev–Trinajstić information content (AvgIpc) is 2.26. The van der Waals surface area contributed by atoms with E-state index in [0.29, 0.717) is 0 Å². The lowest BCUT2D eigenvalue weighted by Gasteiger charge is -2.38. The summed E-state index contributed by atoms with van der Waals surface area (Å²) in [6.45, 7) is 2.02. The molecule has 0 aliphatic heterocycles. The molecule has 0 spiro atoms. The van der Waals surface area contributed by atoms with Crippen molar-refractivity contribution in [2.45, 2.75) is 31.7 Å². The zero-order valence-corrected chi connectivity index (χ0v) is 11.5. The largest absolute Gasteiger partial charge is 0.496 e. The molecule has 1 aliphatic carbocycles. The van der Waals surface area contributed by atoms with E-state index < -0.39 is 0 Å². The lowest BCUT2D eigenvalue weighted by atomic mass is 9.71. The second-order valence-corrected chi connectivity index (χ2v) is 5.24. The first-order valence-corrected chi connectivity index (χ1v) is 6.36. The summed E-state index contributed by atoms with van der Waals surface area (Å²) < 4.78 is 6.15. The Labute approximate surface area is 109 Å². The van der Waals surface area contributed by atoms with Gasteiger partial charge in [0.25, 0.3) is 0 Å². The summed E-state index contributed by atoms with van der Waals surface area (Å²) in [7, 11) is 1.64. The van der Waals surface area contributed by atoms with Crippen LogP contribution >= 0.6 is 15.9 Å². The van der Waals surface area contributed by atoms with Gasteiger partial charge in [0.2, 0.25) is 6.08 Å². The van der Waals surface area contributed by atoms with E-state index in [9.17, 15) is 4.79 Å². The lowest BCUT2D eigenvalue weighted by Crippen LogP contribution is -2.32. The Kier molecular flexibility index (Phi) is 3.36. The van der Waals surface area contributed by atoms with Gasteiger partial charge in [0.05, 0.1) is 17.1 Å². The minimum absolute atomic E-state index is 0.347. The van der Waals surface area contributed by atoms with Crippen molar-refractivity contribution in [3.05, 3.63) is 27.7 Å². The highest BCUT2D eigenvalue weighted by Gasteiger charge is 2.40. The van der Waals surface area contributed by atoms with E-state index in [1.807, 2.05) is 19.1 Å². The van der Waals surface area contributed by atoms with Crippen LogP contribution in [0.1, 0.15) is 30.4 Å². The Morgan fingerprint density at radius 3 is 2.65 bits per heavy atom. The third kappa shape index (κ3) is 2.03. The standard InChI is InChI=1S/C13H14BrNO2/c1-9-6-12(17-2)11(14)7-10(9)13(15-8-16)4-3-5-13/h6-7H,3-5H2,1-2H3. The van der Waals surface area contributed by atoms with Gasteiger partial charge in [-0.3, -0.25) is 0 Å². The minimum atomic E-state index is -0.347. The number of aliphatic imine (C=N–C) groups is 1. The third-order valence-electron chi connectivity index (χ3n) is 3.44. The van der Waals surface area contributed by atoms with Crippen molar-refractivity contribution < 1.29 is 9.53 Å². The summed E-state index contributed by atoms with van der Waals surface area (Å²) in [4.78, 5) is 14.6. The summed E-state index contributed by atoms with van der Waals surface area (Å²) in [5, 5.41) is 0. The molecule has 1 aromatic carbocycles. The highest BCUT2D eigenvalue weighted by Crippen LogP contribution is 2.47. The fourth-order valence-corrected chi connectivity index (χ4v) is 2.86. The third-order valence-corrected chi connectivity index (χ3v) is 4.06. The second-order valence-electron chi connectivity index (χ2n) is 4.39. The predicted octanol–water partition coefficient (Wildman–Crippen LogP) is 3.48. The molecule has 0 heterocycles. The predicted molar refractivity (Wildman–Crippen MR) is 69.1 cm³/mol. The van der Waals surface area contributed by atoms with E-state index in [0.717, 1.165) is 40.6 Å². The molecule has 0 atom stereocenters. The van der Waals surface area contributed by atoms with Gasteiger partial charge in [-0.25, -0.2) is 4.79 Å². The van der Waals surface area contributed by atoms with Crippen LogP contribution in [0.25, 0.3) is 0 Å². The van der Waals surface area contributed by atoms with Crippen molar-refractivity contribution in [2.24, 2.45) is 4.99 Å². The summed E-state index contributed by atoms with van der Waals surface area (Å²) in [5.41, 5.74) is 1.85. The minimum Gasteiger partial charge on any atom is -0.496 e. The van der Waals surface area contributed by atoms with E-state index in [-0.39, 0.29) is 5.54 Å². The van der Waals surface area contributed by atoms with Crippen LogP contribution < -0.4 is 4.74 Å². The maximum atomic E-state index is 10.6. The number of hydrogen-bond donors (Lipinski definition) is 0. The van der Waals surface area contributed by atoms with E-state index in [4.69, 9.17) is 4.74 Å². The first-order chi connectivity index (χ1) is 8.13. The number of carbonyl (C=O) groups excluding carboxylic acids is 1. The molecular formula is C13H14BrNO2. The number of benzene rings is 1. The molecule has 0 bridgehead atoms. The van der Waals surface area contributed by atoms with Crippen molar-refractivity contribution in [1.82, 2.24) is 0 Å². The van der Waals surface area contributed by atoms with Crippen LogP contribution in [-0.4, -0.2) is 13.2 Å². The van der Waals surface area contributed by atoms with E-state index >= 15 is 0 Å². The lowest BCUT2D eigenvalue weighted by molar-refractivity contribution is 0.254. The monoisotopic (exact) mass is 295 g/mol. The molecule has 4 heteroatoms. The number of ether oxygens (including phenoxy) is 1. The molecule has 1 fully saturated rings. The Hall–Kier alpha value is -1.12. The topological polar surface area (TPSA) is 38.7 Å². The van der Waals surface area contributed by atoms with Crippen molar-refractivity contribution in [3.63, 3.8) is 0 Å². The Morgan fingerprint density at radius 1 is 1.47 bits per heavy atom. The van der Waals surface area contributed by atoms with Crippen LogP contribution in [0, 0.1) is 6.92 Å². The molecule has 0 aromatic heterocycles. The summed E-state index contributed by atoms with van der Waals surface area (Å²) >= 11 is 3.47. The van der Waals surface area contributed by atoms with Crippen molar-refractivity contribution in [2.75, 3.05) is 7.11 Å². The van der Waals surface area contributed by atoms with Gasteiger partial charge in [0, 0.05) is 0 Å². The summed E-state index contributed by atoms with van der Waals surface area (Å²) in [6.07, 6.45) is 4.66. The first kappa shape index (κ1) is 12.3. The van der Waals surface area contributed by atoms with Crippen molar-refractivity contribution in [1.29, 1.82) is 0 Å². The van der Waals surface area contributed by atoms with Gasteiger partial charge < -0.3 is 4.74 Å². The van der Waals surface area contributed by atoms with Crippen molar-refractivity contribution in [3.8, 4) is 5.75 Å². The summed E-state index contributed by atoms with van der Waals surface area (Å²) in [5.74, 6) is 0.802. The number of isocyanates is 1. The Morgan fingerprint density at radius 2 is 2.18 bits per heavy atom. The molecule has 90 valence electrons. The molecule has 0 radical (unpaired) electrons. The highest BCUT2D eigenvalue weighted by molar-refractivity contribution is 9.10. The molecule has 0 amide bonds. The van der Waals surface area contributed by atoms with Gasteiger partial charge in [-0.2, -0.15) is 4.99 Å². The number of rotatable bonds is 3. The molecule has 0 saturated heterocycles. The van der Waals surface area contributed by atoms with Gasteiger partial charge in [0.1, 0.15) is 5.75 Å². The molecular weight excluding hydrogens is 282 g/mol. The molecule has 2 rings (SSSR count). The summed E-state index contributed by atoms with van der Waals surface area (Å²) in [6, 6.07) is 3.98. The number of halogens is 1. The van der Waals surface area contributed by atoms with Gasteiger partial charge in [-0.1, -0.05) is 0 Å². The van der Waals surface area contributed by atoms with Gasteiger partial charge in [-0.05, 0) is 65.4 Å². The van der Waals surface area contributed by atoms with Gasteiger partial charge >= 0.3 is 0 Å². The Bertz CT molecular complexity index is 488. The first-order valence-electron chi connectivity index (χ1n) is 5.56. The molecule has 0 unspecified atom stereocenters. The molecule has 1 aliphatic rings. The normalized spacial score (nSPS) is 16.9. The molecule has 17 heavy (non-hydrogen) atoms. The fourth-order valence-electron chi connectivity index (χ4n) is 2.35. The quantitative estimate of drug-likeness (QED) is 0.632.